The van der Waals surface area contributed by atoms with Crippen LogP contribution in [0.4, 0.5) is 5.13 Å². The average molecular weight is 333 g/mol. The number of aromatic nitrogens is 1. The van der Waals surface area contributed by atoms with Crippen molar-refractivity contribution in [2.45, 2.75) is 33.1 Å². The molecule has 1 N–H and O–H groups in total. The molecule has 0 aromatic carbocycles. The van der Waals surface area contributed by atoms with Crippen molar-refractivity contribution in [2.75, 3.05) is 11.9 Å². The van der Waals surface area contributed by atoms with E-state index in [1.54, 1.807) is 0 Å². The van der Waals surface area contributed by atoms with Gasteiger partial charge in [0.05, 0.1) is 17.5 Å². The second kappa shape index (κ2) is 6.23. The second-order valence-electron chi connectivity index (χ2n) is 5.94. The molecular weight excluding hydrogens is 314 g/mol. The lowest BCUT2D eigenvalue weighted by Crippen LogP contribution is -2.34. The van der Waals surface area contributed by atoms with Crippen LogP contribution in [0.1, 0.15) is 29.8 Å². The Bertz CT molecular complexity index is 649. The zero-order valence-corrected chi connectivity index (χ0v) is 14.0. The fraction of sp³-hybridized carbons (Fsp3) is 0.500. The molecule has 1 aromatic heterocycles. The number of hydrogen-bond acceptors (Lipinski definition) is 5. The molecule has 3 amide bonds. The molecule has 0 saturated carbocycles. The number of rotatable bonds is 4. The second-order valence-corrected chi connectivity index (χ2v) is 7.15. The van der Waals surface area contributed by atoms with Gasteiger partial charge in [-0.25, -0.2) is 4.98 Å². The minimum atomic E-state index is -0.236. The SMILES string of the molecule is Cc1nc(NC(=O)CCN2C(=O)[C@H]3CC=CC[C@@H]3C2=O)sc1C. The summed E-state index contributed by atoms with van der Waals surface area (Å²) in [6, 6.07) is 0. The monoisotopic (exact) mass is 333 g/mol. The fourth-order valence-electron chi connectivity index (χ4n) is 3.01. The molecule has 6 nitrogen and oxygen atoms in total. The third-order valence-electron chi connectivity index (χ3n) is 4.44. The van der Waals surface area contributed by atoms with E-state index < -0.39 is 0 Å². The number of nitrogens with zero attached hydrogens (tertiary/aromatic N) is 2. The Morgan fingerprint density at radius 1 is 1.26 bits per heavy atom. The number of amides is 3. The van der Waals surface area contributed by atoms with Gasteiger partial charge in [0, 0.05) is 17.8 Å². The van der Waals surface area contributed by atoms with E-state index in [-0.39, 0.29) is 42.5 Å². The summed E-state index contributed by atoms with van der Waals surface area (Å²) in [5, 5.41) is 3.28. The molecular formula is C16H19N3O3S. The maximum atomic E-state index is 12.3. The highest BCUT2D eigenvalue weighted by Gasteiger charge is 2.46. The van der Waals surface area contributed by atoms with Crippen LogP contribution in [0, 0.1) is 25.7 Å². The molecule has 0 unspecified atom stereocenters. The summed E-state index contributed by atoms with van der Waals surface area (Å²) in [5.74, 6) is -0.983. The van der Waals surface area contributed by atoms with Crippen molar-refractivity contribution in [1.29, 1.82) is 0 Å². The van der Waals surface area contributed by atoms with Crippen LogP contribution < -0.4 is 5.32 Å². The molecule has 0 bridgehead atoms. The van der Waals surface area contributed by atoms with E-state index in [0.29, 0.717) is 18.0 Å². The topological polar surface area (TPSA) is 79.4 Å². The first kappa shape index (κ1) is 15.9. The van der Waals surface area contributed by atoms with Gasteiger partial charge in [0.2, 0.25) is 17.7 Å². The van der Waals surface area contributed by atoms with Crippen molar-refractivity contribution in [2.24, 2.45) is 11.8 Å². The number of thiazole rings is 1. The van der Waals surface area contributed by atoms with Crippen LogP contribution in [-0.2, 0) is 14.4 Å². The number of aryl methyl sites for hydroxylation is 2. The van der Waals surface area contributed by atoms with Gasteiger partial charge in [-0.2, -0.15) is 0 Å². The minimum Gasteiger partial charge on any atom is -0.302 e. The highest BCUT2D eigenvalue weighted by molar-refractivity contribution is 7.15. The van der Waals surface area contributed by atoms with E-state index in [1.165, 1.54) is 16.2 Å². The van der Waals surface area contributed by atoms with Gasteiger partial charge in [-0.3, -0.25) is 19.3 Å². The number of likely N-dealkylation sites (tertiary alicyclic amines) is 1. The lowest BCUT2D eigenvalue weighted by Gasteiger charge is -2.14. The van der Waals surface area contributed by atoms with Gasteiger partial charge in [0.1, 0.15) is 0 Å². The molecule has 7 heteroatoms. The molecule has 2 atom stereocenters. The molecule has 3 rings (SSSR count). The number of imide groups is 1. The Balaban J connectivity index is 1.57. The van der Waals surface area contributed by atoms with Gasteiger partial charge >= 0.3 is 0 Å². The Morgan fingerprint density at radius 3 is 2.39 bits per heavy atom. The molecule has 23 heavy (non-hydrogen) atoms. The van der Waals surface area contributed by atoms with Gasteiger partial charge in [-0.1, -0.05) is 12.2 Å². The summed E-state index contributed by atoms with van der Waals surface area (Å²) in [6.07, 6.45) is 5.25. The highest BCUT2D eigenvalue weighted by Crippen LogP contribution is 2.35. The van der Waals surface area contributed by atoms with E-state index in [1.807, 2.05) is 26.0 Å². The van der Waals surface area contributed by atoms with Crippen molar-refractivity contribution >= 4 is 34.2 Å². The molecule has 1 fully saturated rings. The van der Waals surface area contributed by atoms with Gasteiger partial charge in [-0.05, 0) is 26.7 Å². The molecule has 1 aromatic rings. The summed E-state index contributed by atoms with van der Waals surface area (Å²) >= 11 is 1.42. The standard InChI is InChI=1S/C16H19N3O3S/c1-9-10(2)23-16(17-9)18-13(20)7-8-19-14(21)11-5-3-4-6-12(11)15(19)22/h3-4,11-12H,5-8H2,1-2H3,(H,17,18,20)/t11-,12-/m0/s1. The van der Waals surface area contributed by atoms with Crippen molar-refractivity contribution in [1.82, 2.24) is 9.88 Å². The van der Waals surface area contributed by atoms with Crippen molar-refractivity contribution in [3.8, 4) is 0 Å². The van der Waals surface area contributed by atoms with Gasteiger partial charge < -0.3 is 5.32 Å². The molecule has 2 aliphatic rings. The zero-order chi connectivity index (χ0) is 16.6. The maximum Gasteiger partial charge on any atom is 0.233 e. The van der Waals surface area contributed by atoms with Crippen LogP contribution in [0.2, 0.25) is 0 Å². The molecule has 1 aliphatic heterocycles. The van der Waals surface area contributed by atoms with Crippen molar-refractivity contribution in [3.05, 3.63) is 22.7 Å². The van der Waals surface area contributed by atoms with E-state index in [2.05, 4.69) is 10.3 Å². The van der Waals surface area contributed by atoms with E-state index in [0.717, 1.165) is 10.6 Å². The van der Waals surface area contributed by atoms with E-state index in [9.17, 15) is 14.4 Å². The summed E-state index contributed by atoms with van der Waals surface area (Å²) in [5.41, 5.74) is 0.895. The predicted octanol–water partition coefficient (Wildman–Crippen LogP) is 2.04. The number of hydrogen-bond donors (Lipinski definition) is 1. The molecule has 1 aliphatic carbocycles. The van der Waals surface area contributed by atoms with Gasteiger partial charge in [0.15, 0.2) is 5.13 Å². The molecule has 122 valence electrons. The first-order valence-electron chi connectivity index (χ1n) is 7.71. The summed E-state index contributed by atoms with van der Waals surface area (Å²) in [7, 11) is 0. The van der Waals surface area contributed by atoms with Crippen LogP contribution >= 0.6 is 11.3 Å². The Hall–Kier alpha value is -2.02. The van der Waals surface area contributed by atoms with Gasteiger partial charge in [-0.15, -0.1) is 11.3 Å². The molecule has 0 radical (unpaired) electrons. The smallest absolute Gasteiger partial charge is 0.233 e. The average Bonchev–Trinajstić information content (AvgIpc) is 2.96. The summed E-state index contributed by atoms with van der Waals surface area (Å²) in [4.78, 5) is 43.2. The van der Waals surface area contributed by atoms with Crippen molar-refractivity contribution < 1.29 is 14.4 Å². The van der Waals surface area contributed by atoms with Crippen LogP contribution in [0.5, 0.6) is 0 Å². The Kier molecular flexibility index (Phi) is 4.30. The third kappa shape index (κ3) is 3.06. The zero-order valence-electron chi connectivity index (χ0n) is 13.2. The quantitative estimate of drug-likeness (QED) is 0.675. The number of nitrogens with one attached hydrogen (secondary N) is 1. The maximum absolute atomic E-state index is 12.3. The number of carbonyl (C=O) groups is 3. The normalized spacial score (nSPS) is 23.3. The number of carbonyl (C=O) groups excluding carboxylic acids is 3. The molecule has 0 spiro atoms. The number of anilines is 1. The largest absolute Gasteiger partial charge is 0.302 e. The first-order chi connectivity index (χ1) is 11.0. The number of allylic oxidation sites excluding steroid dienone is 2. The Labute approximate surface area is 138 Å². The van der Waals surface area contributed by atoms with Crippen LogP contribution in [0.25, 0.3) is 0 Å². The summed E-state index contributed by atoms with van der Waals surface area (Å²) < 4.78 is 0. The van der Waals surface area contributed by atoms with Gasteiger partial charge in [0.25, 0.3) is 0 Å². The lowest BCUT2D eigenvalue weighted by atomic mass is 9.85. The summed E-state index contributed by atoms with van der Waals surface area (Å²) in [6.45, 7) is 3.97. The number of fused-ring (bicyclic) bond motifs is 1. The first-order valence-corrected chi connectivity index (χ1v) is 8.53. The minimum absolute atomic E-state index is 0.0992. The van der Waals surface area contributed by atoms with Crippen LogP contribution in [0.15, 0.2) is 12.2 Å². The third-order valence-corrected chi connectivity index (χ3v) is 5.42. The predicted molar refractivity (Wildman–Crippen MR) is 86.9 cm³/mol. The molecule has 2 heterocycles. The van der Waals surface area contributed by atoms with Crippen molar-refractivity contribution in [3.63, 3.8) is 0 Å². The van der Waals surface area contributed by atoms with E-state index >= 15 is 0 Å². The van der Waals surface area contributed by atoms with Crippen LogP contribution in [0.3, 0.4) is 0 Å². The highest BCUT2D eigenvalue weighted by atomic mass is 32.1. The van der Waals surface area contributed by atoms with Crippen LogP contribution in [-0.4, -0.2) is 34.2 Å². The lowest BCUT2D eigenvalue weighted by molar-refractivity contribution is -0.140. The van der Waals surface area contributed by atoms with E-state index in [4.69, 9.17) is 0 Å². The fourth-order valence-corrected chi connectivity index (χ4v) is 3.84. The molecule has 1 saturated heterocycles. The Morgan fingerprint density at radius 2 is 1.87 bits per heavy atom.